The second kappa shape index (κ2) is 8.24. The van der Waals surface area contributed by atoms with Crippen LogP contribution in [-0.2, 0) is 6.54 Å². The molecule has 1 atom stereocenters. The third-order valence-electron chi connectivity index (χ3n) is 3.35. The van der Waals surface area contributed by atoms with Crippen molar-refractivity contribution in [2.75, 3.05) is 19.1 Å². The molecular weight excluding hydrogens is 277 g/mol. The van der Waals surface area contributed by atoms with E-state index in [1.54, 1.807) is 17.8 Å². The quantitative estimate of drug-likeness (QED) is 0.459. The molecule has 1 rings (SSSR count). The predicted molar refractivity (Wildman–Crippen MR) is 82.0 cm³/mol. The second-order valence-corrected chi connectivity index (χ2v) is 5.81. The van der Waals surface area contributed by atoms with Crippen molar-refractivity contribution in [1.29, 1.82) is 0 Å². The van der Waals surface area contributed by atoms with Gasteiger partial charge in [0.15, 0.2) is 0 Å². The molecule has 0 fully saturated rings. The highest BCUT2D eigenvalue weighted by Crippen LogP contribution is 2.15. The number of hydrogen-bond donors (Lipinski definition) is 2. The average Bonchev–Trinajstić information content (AvgIpc) is 2.45. The smallest absolute Gasteiger partial charge is 0.265 e. The van der Waals surface area contributed by atoms with Crippen LogP contribution in [0, 0.1) is 5.82 Å². The second-order valence-electron chi connectivity index (χ2n) is 4.83. The lowest BCUT2D eigenvalue weighted by Gasteiger charge is -2.24. The van der Waals surface area contributed by atoms with Crippen LogP contribution < -0.4 is 11.3 Å². The lowest BCUT2D eigenvalue weighted by Crippen LogP contribution is -2.31. The van der Waals surface area contributed by atoms with Crippen molar-refractivity contribution in [1.82, 2.24) is 10.3 Å². The monoisotopic (exact) mass is 299 g/mol. The molecule has 0 aliphatic rings. The lowest BCUT2D eigenvalue weighted by molar-refractivity contribution is 0.0953. The van der Waals surface area contributed by atoms with Crippen molar-refractivity contribution in [3.63, 3.8) is 0 Å². The molecule has 3 N–H and O–H groups in total. The molecule has 0 spiro atoms. The summed E-state index contributed by atoms with van der Waals surface area (Å²) in [5.74, 6) is 5.45. The first-order chi connectivity index (χ1) is 9.49. The van der Waals surface area contributed by atoms with Crippen molar-refractivity contribution in [3.8, 4) is 0 Å². The molecule has 4 nitrogen and oxygen atoms in total. The van der Waals surface area contributed by atoms with Gasteiger partial charge in [0.05, 0.1) is 0 Å². The van der Waals surface area contributed by atoms with Crippen LogP contribution in [0.1, 0.15) is 29.3 Å². The summed E-state index contributed by atoms with van der Waals surface area (Å²) < 4.78 is 13.8. The number of halogens is 1. The summed E-state index contributed by atoms with van der Waals surface area (Å²) in [6, 6.07) is 4.64. The molecule has 112 valence electrons. The summed E-state index contributed by atoms with van der Waals surface area (Å²) in [5, 5.41) is 0. The first kappa shape index (κ1) is 16.9. The number of nitrogens with zero attached hydrogens (tertiary/aromatic N) is 1. The van der Waals surface area contributed by atoms with Crippen LogP contribution in [0.15, 0.2) is 18.2 Å². The van der Waals surface area contributed by atoms with Crippen LogP contribution in [0.2, 0.25) is 0 Å². The number of rotatable bonds is 7. The predicted octanol–water partition coefficient (Wildman–Crippen LogP) is 2.00. The summed E-state index contributed by atoms with van der Waals surface area (Å²) in [4.78, 5) is 13.5. The Kier molecular flexibility index (Phi) is 6.98. The molecule has 0 aliphatic heterocycles. The molecule has 0 radical (unpaired) electrons. The zero-order valence-corrected chi connectivity index (χ0v) is 13.0. The molecule has 1 aromatic carbocycles. The minimum Gasteiger partial charge on any atom is -0.299 e. The number of hydrazine groups is 1. The minimum absolute atomic E-state index is 0.303. The maximum atomic E-state index is 13.8. The van der Waals surface area contributed by atoms with E-state index >= 15 is 0 Å². The van der Waals surface area contributed by atoms with Gasteiger partial charge in [-0.2, -0.15) is 11.8 Å². The van der Waals surface area contributed by atoms with E-state index in [0.29, 0.717) is 23.7 Å². The highest BCUT2D eigenvalue weighted by molar-refractivity contribution is 7.98. The van der Waals surface area contributed by atoms with Gasteiger partial charge < -0.3 is 0 Å². The molecule has 0 saturated heterocycles. The zero-order valence-electron chi connectivity index (χ0n) is 12.1. The Morgan fingerprint density at radius 3 is 2.85 bits per heavy atom. The van der Waals surface area contributed by atoms with Crippen molar-refractivity contribution in [3.05, 3.63) is 35.1 Å². The normalized spacial score (nSPS) is 12.5. The Hall–Kier alpha value is -1.11. The maximum Gasteiger partial charge on any atom is 0.265 e. The number of carbonyl (C=O) groups excluding carboxylic acids is 1. The average molecular weight is 299 g/mol. The van der Waals surface area contributed by atoms with Gasteiger partial charge in [0.2, 0.25) is 0 Å². The van der Waals surface area contributed by atoms with Gasteiger partial charge in [-0.15, -0.1) is 0 Å². The number of nitrogens with one attached hydrogen (secondary N) is 1. The van der Waals surface area contributed by atoms with E-state index in [1.807, 2.05) is 7.05 Å². The number of thioether (sulfide) groups is 1. The summed E-state index contributed by atoms with van der Waals surface area (Å²) in [5.41, 5.74) is 2.93. The zero-order chi connectivity index (χ0) is 15.1. The van der Waals surface area contributed by atoms with E-state index in [2.05, 4.69) is 23.5 Å². The molecule has 1 aromatic rings. The molecule has 0 bridgehead atoms. The molecular formula is C14H22FN3OS. The van der Waals surface area contributed by atoms with Gasteiger partial charge in [-0.3, -0.25) is 15.1 Å². The van der Waals surface area contributed by atoms with Crippen molar-refractivity contribution < 1.29 is 9.18 Å². The van der Waals surface area contributed by atoms with Gasteiger partial charge in [-0.1, -0.05) is 0 Å². The lowest BCUT2D eigenvalue weighted by atomic mass is 10.1. The third-order valence-corrected chi connectivity index (χ3v) is 3.99. The van der Waals surface area contributed by atoms with E-state index in [4.69, 9.17) is 5.84 Å². The van der Waals surface area contributed by atoms with Crippen LogP contribution in [-0.4, -0.2) is 35.9 Å². The van der Waals surface area contributed by atoms with Gasteiger partial charge in [-0.25, -0.2) is 10.2 Å². The number of hydrogen-bond acceptors (Lipinski definition) is 4. The Balaban J connectivity index is 2.77. The van der Waals surface area contributed by atoms with E-state index in [-0.39, 0.29) is 5.82 Å². The summed E-state index contributed by atoms with van der Waals surface area (Å²) >= 11 is 1.80. The summed E-state index contributed by atoms with van der Waals surface area (Å²) in [7, 11) is 1.96. The van der Waals surface area contributed by atoms with Crippen molar-refractivity contribution >= 4 is 17.7 Å². The van der Waals surface area contributed by atoms with Crippen LogP contribution in [0.5, 0.6) is 0 Å². The molecule has 1 unspecified atom stereocenters. The van der Waals surface area contributed by atoms with Crippen LogP contribution in [0.4, 0.5) is 4.39 Å². The molecule has 20 heavy (non-hydrogen) atoms. The first-order valence-electron chi connectivity index (χ1n) is 6.48. The fourth-order valence-corrected chi connectivity index (χ4v) is 2.43. The van der Waals surface area contributed by atoms with E-state index < -0.39 is 5.91 Å². The van der Waals surface area contributed by atoms with Crippen LogP contribution in [0.25, 0.3) is 0 Å². The molecule has 1 amide bonds. The highest BCUT2D eigenvalue weighted by Gasteiger charge is 2.14. The Morgan fingerprint density at radius 1 is 1.55 bits per heavy atom. The fraction of sp³-hybridized carbons (Fsp3) is 0.500. The number of carbonyl (C=O) groups is 1. The molecule has 6 heteroatoms. The van der Waals surface area contributed by atoms with Gasteiger partial charge in [0.25, 0.3) is 5.91 Å². The molecule has 0 aromatic heterocycles. The van der Waals surface area contributed by atoms with Gasteiger partial charge in [-0.05, 0) is 50.6 Å². The Labute approximate surface area is 123 Å². The summed E-state index contributed by atoms with van der Waals surface area (Å²) in [6.07, 6.45) is 3.11. The number of nitrogens with two attached hydrogens (primary N) is 1. The fourth-order valence-electron chi connectivity index (χ4n) is 1.85. The SMILES string of the molecule is CSCCC(C)N(C)Cc1cc(C(=O)NN)ccc1F. The summed E-state index contributed by atoms with van der Waals surface area (Å²) in [6.45, 7) is 2.58. The van der Waals surface area contributed by atoms with E-state index in [1.165, 1.54) is 12.1 Å². The van der Waals surface area contributed by atoms with E-state index in [0.717, 1.165) is 12.2 Å². The van der Waals surface area contributed by atoms with Crippen molar-refractivity contribution in [2.24, 2.45) is 5.84 Å². The number of nitrogen functional groups attached to an aromatic ring is 1. The molecule has 0 aliphatic carbocycles. The highest BCUT2D eigenvalue weighted by atomic mass is 32.2. The number of amides is 1. The topological polar surface area (TPSA) is 58.4 Å². The third kappa shape index (κ3) is 4.77. The van der Waals surface area contributed by atoms with Crippen LogP contribution >= 0.6 is 11.8 Å². The Bertz CT molecular complexity index is 456. The van der Waals surface area contributed by atoms with Crippen LogP contribution in [0.3, 0.4) is 0 Å². The first-order valence-corrected chi connectivity index (χ1v) is 7.87. The molecule has 0 saturated carbocycles. The van der Waals surface area contributed by atoms with Gasteiger partial charge in [0.1, 0.15) is 5.82 Å². The van der Waals surface area contributed by atoms with Gasteiger partial charge >= 0.3 is 0 Å². The van der Waals surface area contributed by atoms with E-state index in [9.17, 15) is 9.18 Å². The number of benzene rings is 1. The standard InChI is InChI=1S/C14H22FN3OS/c1-10(6-7-20-3)18(2)9-12-8-11(14(19)17-16)4-5-13(12)15/h4-5,8,10H,6-7,9,16H2,1-3H3,(H,17,19). The largest absolute Gasteiger partial charge is 0.299 e. The minimum atomic E-state index is -0.413. The van der Waals surface area contributed by atoms with Gasteiger partial charge in [0, 0.05) is 23.7 Å². The maximum absolute atomic E-state index is 13.8. The van der Waals surface area contributed by atoms with Crippen molar-refractivity contribution in [2.45, 2.75) is 25.9 Å². The Morgan fingerprint density at radius 2 is 2.25 bits per heavy atom. The molecule has 0 heterocycles.